The number of ketones is 1. The number of carbonyl (C=O) groups excluding carboxylic acids is 1. The average molecular weight is 332 g/mol. The van der Waals surface area contributed by atoms with E-state index in [4.69, 9.17) is 34.8 Å². The maximum atomic E-state index is 12.1. The third-order valence-corrected chi connectivity index (χ3v) is 4.11. The molecule has 0 saturated heterocycles. The van der Waals surface area contributed by atoms with Crippen molar-refractivity contribution in [2.24, 2.45) is 7.05 Å². The van der Waals surface area contributed by atoms with Gasteiger partial charge in [-0.2, -0.15) is 5.10 Å². The summed E-state index contributed by atoms with van der Waals surface area (Å²) in [4.78, 5) is 12.1. The quantitative estimate of drug-likeness (QED) is 0.847. The Bertz CT molecular complexity index is 665. The van der Waals surface area contributed by atoms with Gasteiger partial charge < -0.3 is 0 Å². The van der Waals surface area contributed by atoms with Gasteiger partial charge in [-0.25, -0.2) is 0 Å². The molecule has 0 amide bonds. The van der Waals surface area contributed by atoms with Gasteiger partial charge in [-0.3, -0.25) is 9.48 Å². The van der Waals surface area contributed by atoms with E-state index in [2.05, 4.69) is 5.10 Å². The van der Waals surface area contributed by atoms with E-state index in [1.54, 1.807) is 29.9 Å². The summed E-state index contributed by atoms with van der Waals surface area (Å²) in [5.74, 6) is 0.0345. The summed E-state index contributed by atoms with van der Waals surface area (Å²) in [6.45, 7) is 1.84. The summed E-state index contributed by atoms with van der Waals surface area (Å²) in [6, 6.07) is 5.12. The number of hydrogen-bond donors (Lipinski definition) is 0. The van der Waals surface area contributed by atoms with Crippen LogP contribution in [0.3, 0.4) is 0 Å². The zero-order valence-corrected chi connectivity index (χ0v) is 13.4. The fraction of sp³-hybridized carbons (Fsp3) is 0.286. The molecule has 0 aliphatic heterocycles. The van der Waals surface area contributed by atoms with Crippen molar-refractivity contribution in [3.05, 3.63) is 50.2 Å². The fourth-order valence-electron chi connectivity index (χ4n) is 2.01. The van der Waals surface area contributed by atoms with Gasteiger partial charge in [0.25, 0.3) is 0 Å². The molecule has 1 heterocycles. The van der Waals surface area contributed by atoms with E-state index in [0.29, 0.717) is 15.2 Å². The van der Waals surface area contributed by atoms with Gasteiger partial charge in [-0.15, -0.1) is 0 Å². The molecule has 3 nitrogen and oxygen atoms in total. The predicted octanol–water partition coefficient (Wildman–Crippen LogP) is 4.04. The summed E-state index contributed by atoms with van der Waals surface area (Å²) in [5.41, 5.74) is 2.30. The molecule has 0 N–H and O–H groups in total. The maximum Gasteiger partial charge on any atom is 0.141 e. The SMILES string of the molecule is Cc1nn(C)c(Cl)c1CC(=O)Cc1ccc(Cl)cc1Cl. The summed E-state index contributed by atoms with van der Waals surface area (Å²) >= 11 is 18.0. The second-order valence-electron chi connectivity index (χ2n) is 4.61. The van der Waals surface area contributed by atoms with E-state index in [1.807, 2.05) is 6.92 Å². The molecule has 1 aromatic carbocycles. The first-order valence-corrected chi connectivity index (χ1v) is 7.15. The van der Waals surface area contributed by atoms with E-state index in [0.717, 1.165) is 16.8 Å². The van der Waals surface area contributed by atoms with E-state index in [9.17, 15) is 4.79 Å². The maximum absolute atomic E-state index is 12.1. The molecule has 0 fully saturated rings. The highest BCUT2D eigenvalue weighted by molar-refractivity contribution is 6.35. The van der Waals surface area contributed by atoms with Gasteiger partial charge in [0.05, 0.1) is 5.69 Å². The second kappa shape index (κ2) is 6.17. The molecule has 0 saturated carbocycles. The van der Waals surface area contributed by atoms with Crippen molar-refractivity contribution in [3.8, 4) is 0 Å². The molecule has 1 aromatic heterocycles. The van der Waals surface area contributed by atoms with Crippen LogP contribution in [0.1, 0.15) is 16.8 Å². The lowest BCUT2D eigenvalue weighted by atomic mass is 10.0. The van der Waals surface area contributed by atoms with Gasteiger partial charge in [0.2, 0.25) is 0 Å². The Balaban J connectivity index is 2.13. The van der Waals surface area contributed by atoms with Gasteiger partial charge in [0, 0.05) is 35.5 Å². The van der Waals surface area contributed by atoms with E-state index in [1.165, 1.54) is 0 Å². The molecule has 106 valence electrons. The Morgan fingerprint density at radius 1 is 1.25 bits per heavy atom. The lowest BCUT2D eigenvalue weighted by Gasteiger charge is -2.04. The number of benzene rings is 1. The van der Waals surface area contributed by atoms with Crippen LogP contribution < -0.4 is 0 Å². The lowest BCUT2D eigenvalue weighted by molar-refractivity contribution is -0.117. The number of hydrogen-bond acceptors (Lipinski definition) is 2. The van der Waals surface area contributed by atoms with Crippen molar-refractivity contribution in [1.82, 2.24) is 9.78 Å². The first kappa shape index (κ1) is 15.4. The predicted molar refractivity (Wildman–Crippen MR) is 81.8 cm³/mol. The van der Waals surface area contributed by atoms with Crippen LogP contribution >= 0.6 is 34.8 Å². The lowest BCUT2D eigenvalue weighted by Crippen LogP contribution is -2.08. The van der Waals surface area contributed by atoms with E-state index < -0.39 is 0 Å². The normalized spacial score (nSPS) is 10.8. The minimum atomic E-state index is 0.0345. The molecule has 20 heavy (non-hydrogen) atoms. The third kappa shape index (κ3) is 3.35. The molecule has 2 rings (SSSR count). The fourth-order valence-corrected chi connectivity index (χ4v) is 2.73. The van der Waals surface area contributed by atoms with E-state index in [-0.39, 0.29) is 18.6 Å². The zero-order chi connectivity index (χ0) is 14.9. The van der Waals surface area contributed by atoms with Crippen LogP contribution in [0, 0.1) is 6.92 Å². The number of aryl methyl sites for hydroxylation is 2. The molecular weight excluding hydrogens is 319 g/mol. The molecule has 0 bridgehead atoms. The molecule has 0 aliphatic carbocycles. The van der Waals surface area contributed by atoms with Crippen LogP contribution in [-0.4, -0.2) is 15.6 Å². The Kier molecular flexibility index (Phi) is 4.74. The van der Waals surface area contributed by atoms with Gasteiger partial charge in [-0.1, -0.05) is 40.9 Å². The summed E-state index contributed by atoms with van der Waals surface area (Å²) in [7, 11) is 1.75. The van der Waals surface area contributed by atoms with Crippen molar-refractivity contribution in [2.45, 2.75) is 19.8 Å². The monoisotopic (exact) mass is 330 g/mol. The standard InChI is InChI=1S/C14H13Cl3N2O/c1-8-12(14(17)19(2)18-8)7-11(20)5-9-3-4-10(15)6-13(9)16/h3-4,6H,5,7H2,1-2H3. The van der Waals surface area contributed by atoms with Crippen LogP contribution in [-0.2, 0) is 24.7 Å². The molecule has 0 radical (unpaired) electrons. The van der Waals surface area contributed by atoms with Crippen LogP contribution in [0.25, 0.3) is 0 Å². The molecule has 0 aliphatic rings. The highest BCUT2D eigenvalue weighted by Gasteiger charge is 2.16. The Morgan fingerprint density at radius 3 is 2.50 bits per heavy atom. The molecular formula is C14H13Cl3N2O. The van der Waals surface area contributed by atoms with Crippen LogP contribution in [0.4, 0.5) is 0 Å². The number of halogens is 3. The van der Waals surface area contributed by atoms with Crippen molar-refractivity contribution in [3.63, 3.8) is 0 Å². The largest absolute Gasteiger partial charge is 0.299 e. The smallest absolute Gasteiger partial charge is 0.141 e. The molecule has 2 aromatic rings. The van der Waals surface area contributed by atoms with Gasteiger partial charge >= 0.3 is 0 Å². The van der Waals surface area contributed by atoms with Crippen molar-refractivity contribution >= 4 is 40.6 Å². The number of Topliss-reactive ketones (excluding diaryl/α,β-unsaturated/α-hetero) is 1. The average Bonchev–Trinajstić information content (AvgIpc) is 2.60. The van der Waals surface area contributed by atoms with Crippen molar-refractivity contribution < 1.29 is 4.79 Å². The van der Waals surface area contributed by atoms with Crippen molar-refractivity contribution in [1.29, 1.82) is 0 Å². The summed E-state index contributed by atoms with van der Waals surface area (Å²) in [6.07, 6.45) is 0.498. The zero-order valence-electron chi connectivity index (χ0n) is 11.1. The number of carbonyl (C=O) groups is 1. The number of aromatic nitrogens is 2. The highest BCUT2D eigenvalue weighted by atomic mass is 35.5. The van der Waals surface area contributed by atoms with Crippen molar-refractivity contribution in [2.75, 3.05) is 0 Å². The van der Waals surface area contributed by atoms with Crippen LogP contribution in [0.5, 0.6) is 0 Å². The molecule has 6 heteroatoms. The first-order valence-electron chi connectivity index (χ1n) is 6.02. The molecule has 0 atom stereocenters. The number of rotatable bonds is 4. The Hall–Kier alpha value is -1.03. The molecule has 0 unspecified atom stereocenters. The Morgan fingerprint density at radius 2 is 1.95 bits per heavy atom. The van der Waals surface area contributed by atoms with Gasteiger partial charge in [0.1, 0.15) is 10.9 Å². The van der Waals surface area contributed by atoms with Crippen LogP contribution in [0.15, 0.2) is 18.2 Å². The minimum Gasteiger partial charge on any atom is -0.299 e. The summed E-state index contributed by atoms with van der Waals surface area (Å²) in [5, 5.41) is 5.74. The van der Waals surface area contributed by atoms with Crippen LogP contribution in [0.2, 0.25) is 15.2 Å². The third-order valence-electron chi connectivity index (χ3n) is 3.05. The molecule has 0 spiro atoms. The second-order valence-corrected chi connectivity index (χ2v) is 5.81. The first-order chi connectivity index (χ1) is 9.38. The van der Waals surface area contributed by atoms with E-state index >= 15 is 0 Å². The minimum absolute atomic E-state index is 0.0345. The highest BCUT2D eigenvalue weighted by Crippen LogP contribution is 2.23. The van der Waals surface area contributed by atoms with Gasteiger partial charge in [-0.05, 0) is 24.6 Å². The Labute approximate surface area is 132 Å². The number of nitrogens with zero attached hydrogens (tertiary/aromatic N) is 2. The van der Waals surface area contributed by atoms with Gasteiger partial charge in [0.15, 0.2) is 0 Å². The topological polar surface area (TPSA) is 34.9 Å². The summed E-state index contributed by atoms with van der Waals surface area (Å²) < 4.78 is 1.56.